The van der Waals surface area contributed by atoms with Crippen LogP contribution in [0.2, 0.25) is 10.0 Å². The number of allylic oxidation sites excluding steroid dienone is 2. The number of halogens is 2. The van der Waals surface area contributed by atoms with E-state index in [4.69, 9.17) is 23.2 Å². The lowest BCUT2D eigenvalue weighted by atomic mass is 10.1. The van der Waals surface area contributed by atoms with Crippen molar-refractivity contribution in [1.29, 1.82) is 0 Å². The Labute approximate surface area is 227 Å². The number of benzene rings is 3. The zero-order valence-corrected chi connectivity index (χ0v) is 22.0. The molecule has 9 heteroatoms. The third-order valence-electron chi connectivity index (χ3n) is 5.64. The van der Waals surface area contributed by atoms with Gasteiger partial charge in [-0.25, -0.2) is 4.79 Å². The highest BCUT2D eigenvalue weighted by molar-refractivity contribution is 8.00. The van der Waals surface area contributed by atoms with E-state index in [1.807, 2.05) is 65.6 Å². The molecule has 0 spiro atoms. The van der Waals surface area contributed by atoms with Gasteiger partial charge in [-0.3, -0.25) is 9.69 Å². The maximum Gasteiger partial charge on any atom is 0.326 e. The standard InChI is InChI=1S/C27H21Cl2N3O2S2/c28-19-9-6-10-20(26(19)29)31-25(33)16-35-18-8-5-7-17(15-18)30-27(34)32-21-11-1-3-13-23(21)36-24-14-4-2-12-22(24)32/h1-15,21,23H,16H2,(H,30,34)(H,31,33). The highest BCUT2D eigenvalue weighted by Gasteiger charge is 2.36. The average molecular weight is 555 g/mol. The van der Waals surface area contributed by atoms with Gasteiger partial charge in [-0.15, -0.1) is 23.5 Å². The number of hydrogen-bond donors (Lipinski definition) is 2. The first-order valence-electron chi connectivity index (χ1n) is 11.2. The van der Waals surface area contributed by atoms with Gasteiger partial charge in [0, 0.05) is 15.5 Å². The van der Waals surface area contributed by atoms with Crippen LogP contribution in [0.1, 0.15) is 0 Å². The summed E-state index contributed by atoms with van der Waals surface area (Å²) in [7, 11) is 0. The number of urea groups is 1. The Bertz CT molecular complexity index is 1380. The Morgan fingerprint density at radius 1 is 0.944 bits per heavy atom. The highest BCUT2D eigenvalue weighted by atomic mass is 35.5. The second-order valence-corrected chi connectivity index (χ2v) is 11.1. The SMILES string of the molecule is O=C(CSc1cccc(NC(=O)N2c3ccccc3SC3C=CC=CC32)c1)Nc1cccc(Cl)c1Cl. The molecular weight excluding hydrogens is 533 g/mol. The number of nitrogens with zero attached hydrogens (tertiary/aromatic N) is 1. The van der Waals surface area contributed by atoms with Crippen LogP contribution in [0.15, 0.2) is 101 Å². The van der Waals surface area contributed by atoms with Gasteiger partial charge in [-0.1, -0.05) is 71.8 Å². The minimum absolute atomic E-state index is 0.0746. The zero-order chi connectivity index (χ0) is 25.1. The van der Waals surface area contributed by atoms with Crippen LogP contribution >= 0.6 is 46.7 Å². The predicted molar refractivity (Wildman–Crippen MR) is 152 cm³/mol. The van der Waals surface area contributed by atoms with E-state index < -0.39 is 0 Å². The summed E-state index contributed by atoms with van der Waals surface area (Å²) < 4.78 is 0. The number of para-hydroxylation sites is 1. The van der Waals surface area contributed by atoms with Crippen LogP contribution in [0.3, 0.4) is 0 Å². The Kier molecular flexibility index (Phi) is 7.62. The number of fused-ring (bicyclic) bond motifs is 2. The van der Waals surface area contributed by atoms with E-state index in [0.717, 1.165) is 15.5 Å². The minimum Gasteiger partial charge on any atom is -0.324 e. The lowest BCUT2D eigenvalue weighted by Gasteiger charge is -2.40. The first-order chi connectivity index (χ1) is 17.5. The first-order valence-corrected chi connectivity index (χ1v) is 13.8. The number of carbonyl (C=O) groups excluding carboxylic acids is 2. The molecular formula is C27H21Cl2N3O2S2. The summed E-state index contributed by atoms with van der Waals surface area (Å²) in [5.41, 5.74) is 2.02. The van der Waals surface area contributed by atoms with Gasteiger partial charge in [0.05, 0.1) is 38.5 Å². The Morgan fingerprint density at radius 3 is 2.64 bits per heavy atom. The van der Waals surface area contributed by atoms with Crippen molar-refractivity contribution < 1.29 is 9.59 Å². The van der Waals surface area contributed by atoms with Crippen molar-refractivity contribution in [2.45, 2.75) is 21.1 Å². The van der Waals surface area contributed by atoms with E-state index in [1.54, 1.807) is 30.0 Å². The van der Waals surface area contributed by atoms with Crippen LogP contribution in [-0.4, -0.2) is 29.0 Å². The molecule has 0 radical (unpaired) electrons. The monoisotopic (exact) mass is 553 g/mol. The Balaban J connectivity index is 1.26. The number of carbonyl (C=O) groups is 2. The average Bonchev–Trinajstić information content (AvgIpc) is 2.89. The fourth-order valence-electron chi connectivity index (χ4n) is 4.01. The van der Waals surface area contributed by atoms with Crippen LogP contribution in [0.4, 0.5) is 21.9 Å². The molecule has 0 bridgehead atoms. The summed E-state index contributed by atoms with van der Waals surface area (Å²) in [4.78, 5) is 29.7. The fourth-order valence-corrected chi connectivity index (χ4v) is 6.37. The van der Waals surface area contributed by atoms with Crippen molar-refractivity contribution in [3.63, 3.8) is 0 Å². The van der Waals surface area contributed by atoms with Crippen molar-refractivity contribution in [2.75, 3.05) is 21.3 Å². The molecule has 5 rings (SSSR count). The summed E-state index contributed by atoms with van der Waals surface area (Å²) in [6.45, 7) is 0. The van der Waals surface area contributed by atoms with E-state index >= 15 is 0 Å². The first kappa shape index (κ1) is 24.8. The van der Waals surface area contributed by atoms with Crippen LogP contribution in [0.25, 0.3) is 0 Å². The van der Waals surface area contributed by atoms with Crippen LogP contribution in [0.5, 0.6) is 0 Å². The molecule has 3 amide bonds. The molecule has 2 aliphatic rings. The fraction of sp³-hybridized carbons (Fsp3) is 0.111. The van der Waals surface area contributed by atoms with E-state index in [-0.39, 0.29) is 29.0 Å². The van der Waals surface area contributed by atoms with Crippen molar-refractivity contribution in [3.05, 3.63) is 101 Å². The molecule has 1 aliphatic heterocycles. The van der Waals surface area contributed by atoms with Gasteiger partial charge >= 0.3 is 6.03 Å². The number of anilines is 3. The van der Waals surface area contributed by atoms with Crippen molar-refractivity contribution in [1.82, 2.24) is 0 Å². The molecule has 2 atom stereocenters. The van der Waals surface area contributed by atoms with Gasteiger partial charge in [0.25, 0.3) is 0 Å². The third-order valence-corrected chi connectivity index (χ3v) is 8.76. The molecule has 5 nitrogen and oxygen atoms in total. The van der Waals surface area contributed by atoms with Gasteiger partial charge in [0.2, 0.25) is 5.91 Å². The molecule has 182 valence electrons. The smallest absolute Gasteiger partial charge is 0.324 e. The molecule has 2 N–H and O–H groups in total. The normalized spacial score (nSPS) is 17.8. The number of amides is 3. The van der Waals surface area contributed by atoms with E-state index in [9.17, 15) is 9.59 Å². The third kappa shape index (κ3) is 5.44. The summed E-state index contributed by atoms with van der Waals surface area (Å²) in [6, 6.07) is 20.2. The van der Waals surface area contributed by atoms with E-state index in [1.165, 1.54) is 11.8 Å². The number of thioether (sulfide) groups is 2. The Morgan fingerprint density at radius 2 is 1.75 bits per heavy atom. The minimum atomic E-state index is -0.204. The zero-order valence-electron chi connectivity index (χ0n) is 18.9. The van der Waals surface area contributed by atoms with Crippen molar-refractivity contribution in [2.24, 2.45) is 0 Å². The molecule has 3 aromatic rings. The second-order valence-electron chi connectivity index (χ2n) is 8.08. The second kappa shape index (κ2) is 11.0. The molecule has 36 heavy (non-hydrogen) atoms. The summed E-state index contributed by atoms with van der Waals surface area (Å²) in [5, 5.41) is 6.67. The summed E-state index contributed by atoms with van der Waals surface area (Å²) in [6.07, 6.45) is 8.19. The predicted octanol–water partition coefficient (Wildman–Crippen LogP) is 7.73. The van der Waals surface area contributed by atoms with Crippen molar-refractivity contribution in [3.8, 4) is 0 Å². The quantitative estimate of drug-likeness (QED) is 0.317. The number of rotatable bonds is 5. The molecule has 0 fully saturated rings. The van der Waals surface area contributed by atoms with Gasteiger partial charge in [0.15, 0.2) is 0 Å². The van der Waals surface area contributed by atoms with Crippen LogP contribution in [0, 0.1) is 0 Å². The molecule has 0 aromatic heterocycles. The van der Waals surface area contributed by atoms with Crippen LogP contribution < -0.4 is 15.5 Å². The number of hydrogen-bond acceptors (Lipinski definition) is 4. The molecule has 0 saturated heterocycles. The maximum atomic E-state index is 13.5. The number of nitrogens with one attached hydrogen (secondary N) is 2. The largest absolute Gasteiger partial charge is 0.326 e. The molecule has 1 aliphatic carbocycles. The Hall–Kier alpha value is -2.84. The van der Waals surface area contributed by atoms with Gasteiger partial charge in [-0.05, 0) is 42.5 Å². The van der Waals surface area contributed by atoms with Gasteiger partial charge in [-0.2, -0.15) is 0 Å². The van der Waals surface area contributed by atoms with Gasteiger partial charge < -0.3 is 10.6 Å². The molecule has 2 unspecified atom stereocenters. The lowest BCUT2D eigenvalue weighted by Crippen LogP contribution is -2.49. The molecule has 0 saturated carbocycles. The maximum absolute atomic E-state index is 13.5. The van der Waals surface area contributed by atoms with E-state index in [0.29, 0.717) is 21.4 Å². The molecule has 1 heterocycles. The lowest BCUT2D eigenvalue weighted by molar-refractivity contribution is -0.113. The van der Waals surface area contributed by atoms with E-state index in [2.05, 4.69) is 22.8 Å². The van der Waals surface area contributed by atoms with Gasteiger partial charge in [0.1, 0.15) is 0 Å². The van der Waals surface area contributed by atoms with Crippen LogP contribution in [-0.2, 0) is 4.79 Å². The molecule has 3 aromatic carbocycles. The topological polar surface area (TPSA) is 61.4 Å². The highest BCUT2D eigenvalue weighted by Crippen LogP contribution is 2.43. The van der Waals surface area contributed by atoms with Crippen molar-refractivity contribution >= 4 is 75.7 Å². The summed E-state index contributed by atoms with van der Waals surface area (Å²) >= 11 is 15.3. The summed E-state index contributed by atoms with van der Waals surface area (Å²) in [5.74, 6) is -0.0260.